The average molecular weight is 183 g/mol. The Morgan fingerprint density at radius 3 is 2.15 bits per heavy atom. The maximum absolute atomic E-state index is 2.72. The lowest BCUT2D eigenvalue weighted by atomic mass is 9.98. The molecule has 1 rings (SSSR count). The van der Waals surface area contributed by atoms with Gasteiger partial charge < -0.3 is 0 Å². The number of hydrogen-bond donors (Lipinski definition) is 0. The van der Waals surface area contributed by atoms with Crippen LogP contribution in [0.4, 0.5) is 0 Å². The van der Waals surface area contributed by atoms with Crippen molar-refractivity contribution in [1.29, 1.82) is 0 Å². The zero-order valence-corrected chi connectivity index (χ0v) is 9.88. The van der Waals surface area contributed by atoms with Crippen LogP contribution >= 0.6 is 0 Å². The topological polar surface area (TPSA) is 3.24 Å². The van der Waals surface area contributed by atoms with E-state index < -0.39 is 0 Å². The van der Waals surface area contributed by atoms with Crippen molar-refractivity contribution in [3.8, 4) is 0 Å². The molecule has 1 aliphatic heterocycles. The van der Waals surface area contributed by atoms with Gasteiger partial charge in [-0.05, 0) is 38.1 Å². The Bertz CT molecular complexity index is 151. The third-order valence-corrected chi connectivity index (χ3v) is 3.60. The van der Waals surface area contributed by atoms with Crippen molar-refractivity contribution in [3.63, 3.8) is 0 Å². The smallest absolute Gasteiger partial charge is 0.0122 e. The molecule has 2 atom stereocenters. The maximum Gasteiger partial charge on any atom is 0.0122 e. The van der Waals surface area contributed by atoms with Crippen LogP contribution in [0.25, 0.3) is 0 Å². The van der Waals surface area contributed by atoms with Crippen molar-refractivity contribution in [2.75, 3.05) is 6.54 Å². The van der Waals surface area contributed by atoms with Gasteiger partial charge in [0.05, 0.1) is 0 Å². The van der Waals surface area contributed by atoms with E-state index in [1.54, 1.807) is 0 Å². The lowest BCUT2D eigenvalue weighted by Crippen LogP contribution is -2.42. The van der Waals surface area contributed by atoms with Crippen molar-refractivity contribution >= 4 is 0 Å². The van der Waals surface area contributed by atoms with Crippen LogP contribution in [-0.2, 0) is 0 Å². The highest BCUT2D eigenvalue weighted by molar-refractivity contribution is 4.85. The first-order valence-electron chi connectivity index (χ1n) is 5.79. The molecule has 1 saturated heterocycles. The lowest BCUT2D eigenvalue weighted by Gasteiger charge is -2.35. The van der Waals surface area contributed by atoms with Gasteiger partial charge in [0.1, 0.15) is 0 Å². The van der Waals surface area contributed by atoms with Gasteiger partial charge >= 0.3 is 0 Å². The van der Waals surface area contributed by atoms with E-state index in [0.717, 1.165) is 23.9 Å². The maximum atomic E-state index is 2.72. The number of hydrogen-bond acceptors (Lipinski definition) is 1. The summed E-state index contributed by atoms with van der Waals surface area (Å²) in [5.41, 5.74) is 0. The largest absolute Gasteiger partial charge is 0.297 e. The summed E-state index contributed by atoms with van der Waals surface area (Å²) in [6, 6.07) is 1.60. The van der Waals surface area contributed by atoms with Crippen LogP contribution in [0.1, 0.15) is 47.5 Å². The normalized spacial score (nSPS) is 27.5. The molecule has 1 heteroatoms. The number of rotatable bonds is 3. The molecule has 0 aliphatic carbocycles. The van der Waals surface area contributed by atoms with Crippen molar-refractivity contribution in [2.24, 2.45) is 11.8 Å². The van der Waals surface area contributed by atoms with E-state index in [9.17, 15) is 0 Å². The summed E-state index contributed by atoms with van der Waals surface area (Å²) in [7, 11) is 0. The molecule has 0 aromatic rings. The third-order valence-electron chi connectivity index (χ3n) is 3.60. The van der Waals surface area contributed by atoms with Gasteiger partial charge in [0.15, 0.2) is 0 Å². The minimum atomic E-state index is 0.759. The summed E-state index contributed by atoms with van der Waals surface area (Å²) >= 11 is 0. The van der Waals surface area contributed by atoms with Gasteiger partial charge in [-0.2, -0.15) is 0 Å². The molecule has 0 aromatic carbocycles. The second-order valence-corrected chi connectivity index (χ2v) is 5.18. The molecular weight excluding hydrogens is 158 g/mol. The first-order valence-corrected chi connectivity index (χ1v) is 5.79. The summed E-state index contributed by atoms with van der Waals surface area (Å²) < 4.78 is 0. The summed E-state index contributed by atoms with van der Waals surface area (Å²) in [6.07, 6.45) is 2.81. The van der Waals surface area contributed by atoms with Crippen LogP contribution in [0.5, 0.6) is 0 Å². The van der Waals surface area contributed by atoms with Crippen LogP contribution in [-0.4, -0.2) is 23.5 Å². The standard InChI is InChI=1S/C12H25N/c1-9(2)11(5)13-8-6-7-12(13)10(3)4/h9-12H,6-8H2,1-5H3. The molecule has 0 saturated carbocycles. The third kappa shape index (κ3) is 2.46. The van der Waals surface area contributed by atoms with Gasteiger partial charge in [-0.25, -0.2) is 0 Å². The van der Waals surface area contributed by atoms with Gasteiger partial charge in [0, 0.05) is 12.1 Å². The quantitative estimate of drug-likeness (QED) is 0.649. The monoisotopic (exact) mass is 183 g/mol. The molecule has 0 aromatic heterocycles. The van der Waals surface area contributed by atoms with Crippen LogP contribution in [0, 0.1) is 11.8 Å². The van der Waals surface area contributed by atoms with Crippen LogP contribution < -0.4 is 0 Å². The predicted octanol–water partition coefficient (Wildman–Crippen LogP) is 3.15. The molecule has 0 N–H and O–H groups in total. The lowest BCUT2D eigenvalue weighted by molar-refractivity contribution is 0.125. The minimum Gasteiger partial charge on any atom is -0.297 e. The molecule has 13 heavy (non-hydrogen) atoms. The Balaban J connectivity index is 2.57. The first-order chi connectivity index (χ1) is 6.04. The zero-order valence-electron chi connectivity index (χ0n) is 9.88. The molecule has 1 heterocycles. The highest BCUT2D eigenvalue weighted by atomic mass is 15.2. The van der Waals surface area contributed by atoms with Gasteiger partial charge in [-0.15, -0.1) is 0 Å². The van der Waals surface area contributed by atoms with E-state index in [2.05, 4.69) is 39.5 Å². The second kappa shape index (κ2) is 4.45. The van der Waals surface area contributed by atoms with Crippen LogP contribution in [0.2, 0.25) is 0 Å². The van der Waals surface area contributed by atoms with E-state index in [4.69, 9.17) is 0 Å². The molecule has 78 valence electrons. The molecule has 1 aliphatic rings. The molecule has 0 bridgehead atoms. The fourth-order valence-corrected chi connectivity index (χ4v) is 2.42. The van der Waals surface area contributed by atoms with Crippen molar-refractivity contribution in [3.05, 3.63) is 0 Å². The van der Waals surface area contributed by atoms with Crippen LogP contribution in [0.15, 0.2) is 0 Å². The van der Waals surface area contributed by atoms with Crippen molar-refractivity contribution in [2.45, 2.75) is 59.5 Å². The molecule has 0 radical (unpaired) electrons. The van der Waals surface area contributed by atoms with Gasteiger partial charge in [0.2, 0.25) is 0 Å². The molecule has 0 spiro atoms. The molecule has 1 nitrogen and oxygen atoms in total. The van der Waals surface area contributed by atoms with E-state index in [0.29, 0.717) is 0 Å². The second-order valence-electron chi connectivity index (χ2n) is 5.18. The average Bonchev–Trinajstić information content (AvgIpc) is 2.50. The van der Waals surface area contributed by atoms with Crippen LogP contribution in [0.3, 0.4) is 0 Å². The number of likely N-dealkylation sites (tertiary alicyclic amines) is 1. The summed E-state index contributed by atoms with van der Waals surface area (Å²) in [5, 5.41) is 0. The Hall–Kier alpha value is -0.0400. The Kier molecular flexibility index (Phi) is 3.78. The van der Waals surface area contributed by atoms with E-state index >= 15 is 0 Å². The Morgan fingerprint density at radius 2 is 1.69 bits per heavy atom. The van der Waals surface area contributed by atoms with Gasteiger partial charge in [-0.3, -0.25) is 4.90 Å². The summed E-state index contributed by atoms with van der Waals surface area (Å²) in [5.74, 6) is 1.61. The van der Waals surface area contributed by atoms with Gasteiger partial charge in [0.25, 0.3) is 0 Å². The van der Waals surface area contributed by atoms with Gasteiger partial charge in [-0.1, -0.05) is 27.7 Å². The fourth-order valence-electron chi connectivity index (χ4n) is 2.42. The van der Waals surface area contributed by atoms with Crippen molar-refractivity contribution < 1.29 is 0 Å². The highest BCUT2D eigenvalue weighted by Crippen LogP contribution is 2.27. The molecular formula is C12H25N. The van der Waals surface area contributed by atoms with E-state index in [1.807, 2.05) is 0 Å². The highest BCUT2D eigenvalue weighted by Gasteiger charge is 2.31. The SMILES string of the molecule is CC(C)C(C)N1CCCC1C(C)C. The number of nitrogens with zero attached hydrogens (tertiary/aromatic N) is 1. The first kappa shape index (κ1) is 11.0. The molecule has 0 amide bonds. The minimum absolute atomic E-state index is 0.759. The van der Waals surface area contributed by atoms with E-state index in [-0.39, 0.29) is 0 Å². The summed E-state index contributed by atoms with van der Waals surface area (Å²) in [4.78, 5) is 2.72. The fraction of sp³-hybridized carbons (Fsp3) is 1.00. The molecule has 1 fully saturated rings. The Labute approximate surface area is 83.5 Å². The van der Waals surface area contributed by atoms with Crippen molar-refractivity contribution in [1.82, 2.24) is 4.90 Å². The van der Waals surface area contributed by atoms with E-state index in [1.165, 1.54) is 19.4 Å². The predicted molar refractivity (Wildman–Crippen MR) is 58.9 cm³/mol. The summed E-state index contributed by atoms with van der Waals surface area (Å²) in [6.45, 7) is 13.1. The molecule has 2 unspecified atom stereocenters. The Morgan fingerprint density at radius 1 is 1.08 bits per heavy atom. The zero-order chi connectivity index (χ0) is 10.0.